The van der Waals surface area contributed by atoms with Crippen LogP contribution < -0.4 is 9.80 Å². The fourth-order valence-corrected chi connectivity index (χ4v) is 14.9. The molecule has 0 amide bonds. The van der Waals surface area contributed by atoms with Crippen LogP contribution in [0.3, 0.4) is 0 Å². The molecule has 4 heteroatoms. The normalized spacial score (nSPS) is 13.3. The summed E-state index contributed by atoms with van der Waals surface area (Å²) < 4.78 is 14.4. The predicted octanol–water partition coefficient (Wildman–Crippen LogP) is 22.4. The molecule has 0 atom stereocenters. The second kappa shape index (κ2) is 17.6. The maximum atomic E-state index is 7.18. The van der Waals surface area contributed by atoms with Gasteiger partial charge in [-0.15, -0.1) is 0 Å². The third-order valence-corrected chi connectivity index (χ3v) is 18.7. The molecular formula is C79H58N2O2. The molecule has 17 rings (SSSR count). The summed E-state index contributed by atoms with van der Waals surface area (Å²) in [6.45, 7) is 13.3. The zero-order chi connectivity index (χ0) is 55.6. The molecule has 0 saturated carbocycles. The quantitative estimate of drug-likeness (QED) is 0.152. The third kappa shape index (κ3) is 6.58. The van der Waals surface area contributed by atoms with Gasteiger partial charge >= 0.3 is 0 Å². The molecule has 0 N–H and O–H groups in total. The van der Waals surface area contributed by atoms with Crippen LogP contribution in [-0.2, 0) is 5.41 Å². The molecule has 0 radical (unpaired) electrons. The molecule has 0 bridgehead atoms. The summed E-state index contributed by atoms with van der Waals surface area (Å²) in [5.74, 6) is 0.595. The minimum Gasteiger partial charge on any atom is -0.454 e. The van der Waals surface area contributed by atoms with Crippen LogP contribution in [0.25, 0.3) is 99.2 Å². The highest BCUT2D eigenvalue weighted by Gasteiger charge is 2.53. The lowest BCUT2D eigenvalue weighted by Gasteiger charge is -2.33. The van der Waals surface area contributed by atoms with Crippen LogP contribution in [0.15, 0.2) is 239 Å². The number of benzene rings is 12. The van der Waals surface area contributed by atoms with Crippen molar-refractivity contribution in [2.45, 2.75) is 58.8 Å². The molecule has 0 fully saturated rings. The molecule has 0 aliphatic heterocycles. The summed E-state index contributed by atoms with van der Waals surface area (Å²) >= 11 is 0. The number of hydrogen-bond donors (Lipinski definition) is 0. The average molecular weight is 1070 g/mol. The summed E-state index contributed by atoms with van der Waals surface area (Å²) in [6.07, 6.45) is 0. The van der Waals surface area contributed by atoms with Gasteiger partial charge in [0.1, 0.15) is 11.2 Å². The van der Waals surface area contributed by atoms with Gasteiger partial charge in [0.15, 0.2) is 11.2 Å². The Morgan fingerprint density at radius 2 is 0.735 bits per heavy atom. The summed E-state index contributed by atoms with van der Waals surface area (Å²) in [4.78, 5) is 4.87. The number of furan rings is 2. The molecular weight excluding hydrogens is 1010 g/mol. The van der Waals surface area contributed by atoms with E-state index in [2.05, 4.69) is 282 Å². The molecule has 3 aliphatic carbocycles. The summed E-state index contributed by atoms with van der Waals surface area (Å²) in [7, 11) is 0. The lowest BCUT2D eigenvalue weighted by molar-refractivity contribution is 0.657. The predicted molar refractivity (Wildman–Crippen MR) is 346 cm³/mol. The first-order valence-electron chi connectivity index (χ1n) is 29.4. The fraction of sp³-hybridized carbons (Fsp3) is 0.114. The Balaban J connectivity index is 0.969. The first kappa shape index (κ1) is 47.9. The van der Waals surface area contributed by atoms with E-state index in [9.17, 15) is 0 Å². The van der Waals surface area contributed by atoms with Gasteiger partial charge in [-0.1, -0.05) is 203 Å². The Morgan fingerprint density at radius 1 is 0.313 bits per heavy atom. The zero-order valence-corrected chi connectivity index (χ0v) is 47.3. The second-order valence-corrected chi connectivity index (χ2v) is 24.0. The summed E-state index contributed by atoms with van der Waals surface area (Å²) in [5, 5.41) is 7.10. The van der Waals surface area contributed by atoms with Crippen LogP contribution in [0.2, 0.25) is 0 Å². The smallest absolute Gasteiger partial charge is 0.159 e. The molecule has 12 aromatic carbocycles. The Hall–Kier alpha value is -9.90. The number of hydrogen-bond acceptors (Lipinski definition) is 4. The highest BCUT2D eigenvalue weighted by atomic mass is 16.3. The van der Waals surface area contributed by atoms with Crippen molar-refractivity contribution in [2.75, 3.05) is 9.80 Å². The van der Waals surface area contributed by atoms with Crippen molar-refractivity contribution in [1.82, 2.24) is 0 Å². The van der Waals surface area contributed by atoms with Gasteiger partial charge in [-0.25, -0.2) is 0 Å². The van der Waals surface area contributed by atoms with E-state index in [4.69, 9.17) is 8.83 Å². The van der Waals surface area contributed by atoms with Gasteiger partial charge in [0.25, 0.3) is 0 Å². The highest BCUT2D eigenvalue weighted by molar-refractivity contribution is 6.21. The van der Waals surface area contributed by atoms with E-state index in [-0.39, 0.29) is 0 Å². The van der Waals surface area contributed by atoms with Crippen LogP contribution in [0, 0.1) is 13.8 Å². The van der Waals surface area contributed by atoms with Gasteiger partial charge in [0, 0.05) is 44.3 Å². The van der Waals surface area contributed by atoms with E-state index in [0.717, 1.165) is 78.0 Å². The minimum absolute atomic E-state index is 0.298. The molecule has 0 saturated heterocycles. The van der Waals surface area contributed by atoms with Crippen molar-refractivity contribution in [2.24, 2.45) is 0 Å². The van der Waals surface area contributed by atoms with Gasteiger partial charge in [-0.05, 0) is 181 Å². The number of rotatable bonds is 8. The molecule has 0 unspecified atom stereocenters. The average Bonchev–Trinajstić information content (AvgIpc) is 1.94. The molecule has 1 spiro atoms. The van der Waals surface area contributed by atoms with Crippen molar-refractivity contribution in [1.29, 1.82) is 0 Å². The van der Waals surface area contributed by atoms with Crippen molar-refractivity contribution in [3.63, 3.8) is 0 Å². The van der Waals surface area contributed by atoms with Crippen molar-refractivity contribution >= 4 is 88.8 Å². The van der Waals surface area contributed by atoms with E-state index in [1.165, 1.54) is 99.8 Å². The molecule has 396 valence electrons. The molecule has 4 nitrogen and oxygen atoms in total. The first-order chi connectivity index (χ1) is 40.6. The van der Waals surface area contributed by atoms with E-state index < -0.39 is 5.41 Å². The molecule has 3 aliphatic rings. The maximum absolute atomic E-state index is 7.18. The number of fused-ring (bicyclic) bond motifs is 20. The molecule has 2 heterocycles. The van der Waals surface area contributed by atoms with E-state index in [1.807, 2.05) is 0 Å². The number of aryl methyl sites for hydroxylation is 2. The zero-order valence-electron chi connectivity index (χ0n) is 47.3. The third-order valence-electron chi connectivity index (χ3n) is 18.7. The van der Waals surface area contributed by atoms with Crippen LogP contribution in [0.5, 0.6) is 0 Å². The second-order valence-electron chi connectivity index (χ2n) is 24.0. The Labute approximate surface area is 483 Å². The number of para-hydroxylation sites is 4. The largest absolute Gasteiger partial charge is 0.454 e. The summed E-state index contributed by atoms with van der Waals surface area (Å²) in [6, 6.07) is 86.8. The van der Waals surface area contributed by atoms with Crippen LogP contribution in [0.4, 0.5) is 34.1 Å². The standard InChI is InChI=1S/C79H58N2O2/c1-45(2)53-19-11-22-60-62-24-14-28-71(77(62)82-75(53)60)80(49-34-30-47(5)31-35-49)51-38-40-57-58-41-39-52(81(50-36-32-48(6)33-37-50)72-29-15-25-63-61-23-12-20-54(46(3)4)76(61)83-78(63)72)43-69(58)79(68(57)42-51)67-27-10-9-18-64(67)74-65-26-13-21-59-55-16-7-8-17-56(55)66(73(59)65)44-70(74)79/h7-46H,1-6H3. The first-order valence-corrected chi connectivity index (χ1v) is 29.4. The summed E-state index contributed by atoms with van der Waals surface area (Å²) in [5.41, 5.74) is 29.2. The topological polar surface area (TPSA) is 32.8 Å². The monoisotopic (exact) mass is 1070 g/mol. The van der Waals surface area contributed by atoms with Crippen LogP contribution in [0.1, 0.15) is 84.0 Å². The van der Waals surface area contributed by atoms with E-state index >= 15 is 0 Å². The van der Waals surface area contributed by atoms with Crippen molar-refractivity contribution < 1.29 is 8.83 Å². The lowest BCUT2D eigenvalue weighted by Crippen LogP contribution is -2.26. The maximum Gasteiger partial charge on any atom is 0.159 e. The number of anilines is 6. The highest BCUT2D eigenvalue weighted by Crippen LogP contribution is 2.67. The number of nitrogens with zero attached hydrogens (tertiary/aromatic N) is 2. The van der Waals surface area contributed by atoms with Gasteiger partial charge in [0.05, 0.1) is 16.8 Å². The van der Waals surface area contributed by atoms with Crippen molar-refractivity contribution in [3.05, 3.63) is 275 Å². The van der Waals surface area contributed by atoms with E-state index in [1.54, 1.807) is 0 Å². The molecule has 14 aromatic rings. The van der Waals surface area contributed by atoms with Crippen LogP contribution >= 0.6 is 0 Å². The van der Waals surface area contributed by atoms with Crippen molar-refractivity contribution in [3.8, 4) is 44.5 Å². The van der Waals surface area contributed by atoms with Gasteiger partial charge in [-0.3, -0.25) is 0 Å². The molecule has 83 heavy (non-hydrogen) atoms. The van der Waals surface area contributed by atoms with Gasteiger partial charge in [0.2, 0.25) is 0 Å². The lowest BCUT2D eigenvalue weighted by atomic mass is 9.70. The van der Waals surface area contributed by atoms with E-state index in [0.29, 0.717) is 11.8 Å². The van der Waals surface area contributed by atoms with Crippen LogP contribution in [-0.4, -0.2) is 0 Å². The van der Waals surface area contributed by atoms with Gasteiger partial charge in [-0.2, -0.15) is 0 Å². The Bertz CT molecular complexity index is 4850. The fourth-order valence-electron chi connectivity index (χ4n) is 14.9. The Morgan fingerprint density at radius 3 is 1.25 bits per heavy atom. The minimum atomic E-state index is -0.756. The Kier molecular flexibility index (Phi) is 10.1. The SMILES string of the molecule is Cc1ccc(N(c2ccc3c(c2)C2(c4cc(N(c5ccc(C)cc5)c5cccc6c5oc5c(C(C)C)cccc56)ccc4-3)c3ccccc3-c3c2cc2c4c(cccc34)-c3ccccc3-2)c2cccc3c2oc2c(C(C)C)cccc23)cc1. The molecule has 2 aromatic heterocycles. The van der Waals surface area contributed by atoms with Gasteiger partial charge < -0.3 is 18.6 Å².